The number of nitrogens with zero attached hydrogens (tertiary/aromatic N) is 2. The number of likely N-dealkylation sites (tertiary alicyclic amines) is 1. The van der Waals surface area contributed by atoms with Crippen molar-refractivity contribution in [3.63, 3.8) is 0 Å². The van der Waals surface area contributed by atoms with Crippen LogP contribution in [-0.4, -0.2) is 66.2 Å². The molecule has 1 saturated heterocycles. The first-order valence-corrected chi connectivity index (χ1v) is 7.85. The third-order valence-electron chi connectivity index (χ3n) is 5.07. The zero-order valence-electron chi connectivity index (χ0n) is 13.1. The predicted octanol–water partition coefficient (Wildman–Crippen LogP) is 1.37. The van der Waals surface area contributed by atoms with Crippen LogP contribution < -0.4 is 5.32 Å². The van der Waals surface area contributed by atoms with Crippen molar-refractivity contribution in [3.05, 3.63) is 0 Å². The Morgan fingerprint density at radius 1 is 1.33 bits per heavy atom. The van der Waals surface area contributed by atoms with E-state index in [0.717, 1.165) is 32.2 Å². The molecule has 1 heterocycles. The first-order valence-electron chi connectivity index (χ1n) is 7.85. The largest absolute Gasteiger partial charge is 0.481 e. The number of carboxylic acids is 1. The molecule has 21 heavy (non-hydrogen) atoms. The molecule has 0 aromatic rings. The molecule has 2 amide bonds. The molecule has 0 aromatic carbocycles. The van der Waals surface area contributed by atoms with Crippen molar-refractivity contribution < 1.29 is 14.7 Å². The van der Waals surface area contributed by atoms with Crippen LogP contribution in [-0.2, 0) is 4.79 Å². The number of carbonyl (C=O) groups excluding carboxylic acids is 1. The van der Waals surface area contributed by atoms with E-state index in [4.69, 9.17) is 5.11 Å². The highest BCUT2D eigenvalue weighted by molar-refractivity contribution is 5.74. The van der Waals surface area contributed by atoms with Crippen LogP contribution in [0.3, 0.4) is 0 Å². The van der Waals surface area contributed by atoms with E-state index in [1.807, 2.05) is 0 Å². The molecule has 1 aliphatic heterocycles. The lowest BCUT2D eigenvalue weighted by molar-refractivity contribution is -0.138. The Balaban J connectivity index is 1.81. The van der Waals surface area contributed by atoms with Gasteiger partial charge in [0.05, 0.1) is 0 Å². The van der Waals surface area contributed by atoms with Crippen LogP contribution in [0.1, 0.15) is 38.5 Å². The molecule has 0 aromatic heterocycles. The van der Waals surface area contributed by atoms with E-state index in [1.165, 1.54) is 6.42 Å². The lowest BCUT2D eigenvalue weighted by Crippen LogP contribution is -2.59. The van der Waals surface area contributed by atoms with Gasteiger partial charge in [0.2, 0.25) is 0 Å². The number of urea groups is 1. The summed E-state index contributed by atoms with van der Waals surface area (Å²) >= 11 is 0. The van der Waals surface area contributed by atoms with E-state index >= 15 is 0 Å². The number of nitrogens with one attached hydrogen (secondary N) is 1. The molecular formula is C15H27N3O3. The van der Waals surface area contributed by atoms with Crippen LogP contribution in [0, 0.1) is 5.92 Å². The molecule has 120 valence electrons. The Kier molecular flexibility index (Phi) is 5.08. The summed E-state index contributed by atoms with van der Waals surface area (Å²) in [7, 11) is 4.13. The minimum Gasteiger partial charge on any atom is -0.481 e. The lowest BCUT2D eigenvalue weighted by Gasteiger charge is -2.47. The summed E-state index contributed by atoms with van der Waals surface area (Å²) in [5.41, 5.74) is 0.117. The lowest BCUT2D eigenvalue weighted by atomic mass is 9.75. The van der Waals surface area contributed by atoms with Crippen LogP contribution in [0.2, 0.25) is 0 Å². The maximum absolute atomic E-state index is 12.3. The van der Waals surface area contributed by atoms with E-state index < -0.39 is 5.97 Å². The van der Waals surface area contributed by atoms with Crippen molar-refractivity contribution in [3.8, 4) is 0 Å². The molecule has 0 radical (unpaired) electrons. The van der Waals surface area contributed by atoms with Gasteiger partial charge in [-0.25, -0.2) is 4.79 Å². The van der Waals surface area contributed by atoms with E-state index in [2.05, 4.69) is 24.3 Å². The molecule has 0 bridgehead atoms. The average Bonchev–Trinajstić information content (AvgIpc) is 2.36. The number of hydrogen-bond acceptors (Lipinski definition) is 3. The van der Waals surface area contributed by atoms with Gasteiger partial charge in [-0.2, -0.15) is 0 Å². The standard InChI is InChI=1S/C15H27N3O3/c1-17(2)15(6-4-7-15)11-16-14(21)18-8-3-5-12(10-18)9-13(19)20/h12H,3-11H2,1-2H3,(H,16,21)(H,19,20). The minimum atomic E-state index is -0.775. The topological polar surface area (TPSA) is 72.9 Å². The molecule has 1 saturated carbocycles. The van der Waals surface area contributed by atoms with Gasteiger partial charge in [0, 0.05) is 31.6 Å². The average molecular weight is 297 g/mol. The van der Waals surface area contributed by atoms with Crippen LogP contribution in [0.25, 0.3) is 0 Å². The molecule has 1 aliphatic carbocycles. The van der Waals surface area contributed by atoms with Gasteiger partial charge in [-0.05, 0) is 52.1 Å². The molecule has 6 nitrogen and oxygen atoms in total. The Hall–Kier alpha value is -1.30. The fourth-order valence-electron chi connectivity index (χ4n) is 3.38. The third-order valence-corrected chi connectivity index (χ3v) is 5.07. The van der Waals surface area contributed by atoms with Crippen molar-refractivity contribution in [1.29, 1.82) is 0 Å². The monoisotopic (exact) mass is 297 g/mol. The van der Waals surface area contributed by atoms with Gasteiger partial charge in [0.15, 0.2) is 0 Å². The van der Waals surface area contributed by atoms with Crippen LogP contribution >= 0.6 is 0 Å². The third kappa shape index (κ3) is 3.87. The Bertz CT molecular complexity index is 394. The summed E-state index contributed by atoms with van der Waals surface area (Å²) in [5.74, 6) is -0.684. The number of likely N-dealkylation sites (N-methyl/N-ethyl adjacent to an activating group) is 1. The van der Waals surface area contributed by atoms with Crippen molar-refractivity contribution in [2.24, 2.45) is 5.92 Å². The first kappa shape index (κ1) is 16.1. The number of carboxylic acid groups (broad SMARTS) is 1. The Morgan fingerprint density at radius 2 is 2.05 bits per heavy atom. The predicted molar refractivity (Wildman–Crippen MR) is 80.2 cm³/mol. The molecule has 1 atom stereocenters. The van der Waals surface area contributed by atoms with Crippen LogP contribution in [0.4, 0.5) is 4.79 Å². The molecule has 2 fully saturated rings. The summed E-state index contributed by atoms with van der Waals surface area (Å²) in [5, 5.41) is 11.9. The fourth-order valence-corrected chi connectivity index (χ4v) is 3.38. The maximum Gasteiger partial charge on any atom is 0.317 e. The molecule has 0 spiro atoms. The van der Waals surface area contributed by atoms with Gasteiger partial charge in [0.1, 0.15) is 0 Å². The van der Waals surface area contributed by atoms with E-state index in [0.29, 0.717) is 13.1 Å². The number of amides is 2. The minimum absolute atomic E-state index is 0.0433. The Morgan fingerprint density at radius 3 is 2.57 bits per heavy atom. The molecule has 2 aliphatic rings. The van der Waals surface area contributed by atoms with Crippen molar-refractivity contribution >= 4 is 12.0 Å². The van der Waals surface area contributed by atoms with Crippen molar-refractivity contribution in [2.45, 2.75) is 44.1 Å². The summed E-state index contributed by atoms with van der Waals surface area (Å²) in [4.78, 5) is 27.1. The zero-order valence-corrected chi connectivity index (χ0v) is 13.1. The SMILES string of the molecule is CN(C)C1(CNC(=O)N2CCCC(CC(=O)O)C2)CCC1. The molecule has 2 rings (SSSR count). The van der Waals surface area contributed by atoms with Gasteiger partial charge >= 0.3 is 12.0 Å². The van der Waals surface area contributed by atoms with E-state index in [-0.39, 0.29) is 23.9 Å². The quantitative estimate of drug-likeness (QED) is 0.804. The van der Waals surface area contributed by atoms with Crippen LogP contribution in [0.5, 0.6) is 0 Å². The number of rotatable bonds is 5. The molecular weight excluding hydrogens is 270 g/mol. The van der Waals surface area contributed by atoms with Crippen molar-refractivity contribution in [1.82, 2.24) is 15.1 Å². The molecule has 6 heteroatoms. The summed E-state index contributed by atoms with van der Waals surface area (Å²) in [6, 6.07) is -0.0433. The van der Waals surface area contributed by atoms with Gasteiger partial charge in [-0.15, -0.1) is 0 Å². The van der Waals surface area contributed by atoms with Crippen molar-refractivity contribution in [2.75, 3.05) is 33.7 Å². The highest BCUT2D eigenvalue weighted by atomic mass is 16.4. The highest BCUT2D eigenvalue weighted by Crippen LogP contribution is 2.35. The molecule has 2 N–H and O–H groups in total. The summed E-state index contributed by atoms with van der Waals surface area (Å²) in [6.07, 6.45) is 5.43. The normalized spacial score (nSPS) is 24.5. The molecule has 1 unspecified atom stereocenters. The van der Waals surface area contributed by atoms with Crippen LogP contribution in [0.15, 0.2) is 0 Å². The first-order chi connectivity index (χ1) is 9.93. The second-order valence-electron chi connectivity index (χ2n) is 6.68. The zero-order chi connectivity index (χ0) is 15.5. The Labute approximate surface area is 126 Å². The van der Waals surface area contributed by atoms with E-state index in [1.54, 1.807) is 4.90 Å². The van der Waals surface area contributed by atoms with Gasteiger partial charge < -0.3 is 20.2 Å². The van der Waals surface area contributed by atoms with E-state index in [9.17, 15) is 9.59 Å². The van der Waals surface area contributed by atoms with Gasteiger partial charge in [-0.1, -0.05) is 0 Å². The smallest absolute Gasteiger partial charge is 0.317 e. The number of piperidine rings is 1. The summed E-state index contributed by atoms with van der Waals surface area (Å²) in [6.45, 7) is 1.98. The maximum atomic E-state index is 12.3. The van der Waals surface area contributed by atoms with Gasteiger partial charge in [-0.3, -0.25) is 4.79 Å². The second-order valence-corrected chi connectivity index (χ2v) is 6.68. The number of aliphatic carboxylic acids is 1. The second kappa shape index (κ2) is 6.64. The fraction of sp³-hybridized carbons (Fsp3) is 0.867. The highest BCUT2D eigenvalue weighted by Gasteiger charge is 2.39. The number of carbonyl (C=O) groups is 2. The number of hydrogen-bond donors (Lipinski definition) is 2. The summed E-state index contributed by atoms with van der Waals surface area (Å²) < 4.78 is 0. The van der Waals surface area contributed by atoms with Gasteiger partial charge in [0.25, 0.3) is 0 Å².